The molecule has 0 spiro atoms. The summed E-state index contributed by atoms with van der Waals surface area (Å²) in [6, 6.07) is 17.3. The minimum Gasteiger partial charge on any atom is -0.330 e. The lowest BCUT2D eigenvalue weighted by Crippen LogP contribution is -2.03. The topological polar surface area (TPSA) is 26.0 Å². The van der Waals surface area contributed by atoms with Gasteiger partial charge in [0, 0.05) is 0 Å². The molecule has 0 unspecified atom stereocenters. The summed E-state index contributed by atoms with van der Waals surface area (Å²) in [5.74, 6) is 0. The Balaban J connectivity index is 2.46. The minimum absolute atomic E-state index is 0.708. The van der Waals surface area contributed by atoms with Crippen molar-refractivity contribution >= 4 is 0 Å². The molecule has 17 heavy (non-hydrogen) atoms. The average molecular weight is 225 g/mol. The number of benzene rings is 2. The Hall–Kier alpha value is -1.60. The van der Waals surface area contributed by atoms with Gasteiger partial charge in [-0.05, 0) is 41.6 Å². The molecule has 0 heterocycles. The second kappa shape index (κ2) is 5.65. The lowest BCUT2D eigenvalue weighted by Gasteiger charge is -2.10. The Morgan fingerprint density at radius 2 is 1.76 bits per heavy atom. The summed E-state index contributed by atoms with van der Waals surface area (Å²) >= 11 is 0. The average Bonchev–Trinajstić information content (AvgIpc) is 2.40. The van der Waals surface area contributed by atoms with E-state index in [0.717, 1.165) is 12.8 Å². The highest BCUT2D eigenvalue weighted by Gasteiger charge is 2.04. The summed E-state index contributed by atoms with van der Waals surface area (Å²) in [7, 11) is 0. The number of hydrogen-bond donors (Lipinski definition) is 1. The SMILES string of the molecule is CCc1ccc(CCN)cc1-c1ccccc1. The highest BCUT2D eigenvalue weighted by Crippen LogP contribution is 2.25. The van der Waals surface area contributed by atoms with E-state index >= 15 is 0 Å². The van der Waals surface area contributed by atoms with Crippen LogP contribution >= 0.6 is 0 Å². The van der Waals surface area contributed by atoms with Gasteiger partial charge in [-0.15, -0.1) is 0 Å². The highest BCUT2D eigenvalue weighted by molar-refractivity contribution is 5.68. The Kier molecular flexibility index (Phi) is 3.94. The molecule has 0 aliphatic carbocycles. The van der Waals surface area contributed by atoms with Gasteiger partial charge in [0.1, 0.15) is 0 Å². The van der Waals surface area contributed by atoms with Crippen LogP contribution in [0.4, 0.5) is 0 Å². The van der Waals surface area contributed by atoms with Crippen molar-refractivity contribution in [3.05, 3.63) is 59.7 Å². The summed E-state index contributed by atoms with van der Waals surface area (Å²) in [5, 5.41) is 0. The van der Waals surface area contributed by atoms with Crippen LogP contribution in [-0.2, 0) is 12.8 Å². The molecule has 2 aromatic rings. The number of hydrogen-bond acceptors (Lipinski definition) is 1. The molecule has 2 N–H and O–H groups in total. The smallest absolute Gasteiger partial charge is 0.00367 e. The van der Waals surface area contributed by atoms with Crippen molar-refractivity contribution in [2.24, 2.45) is 5.73 Å². The first-order valence-electron chi connectivity index (χ1n) is 6.22. The van der Waals surface area contributed by atoms with E-state index in [2.05, 4.69) is 55.5 Å². The van der Waals surface area contributed by atoms with Crippen LogP contribution in [-0.4, -0.2) is 6.54 Å². The summed E-state index contributed by atoms with van der Waals surface area (Å²) in [6.07, 6.45) is 2.01. The summed E-state index contributed by atoms with van der Waals surface area (Å²) in [5.41, 5.74) is 11.0. The lowest BCUT2D eigenvalue weighted by atomic mass is 9.95. The third kappa shape index (κ3) is 2.75. The van der Waals surface area contributed by atoms with Crippen LogP contribution in [0.15, 0.2) is 48.5 Å². The molecule has 0 aromatic heterocycles. The van der Waals surface area contributed by atoms with Crippen LogP contribution < -0.4 is 5.73 Å². The maximum Gasteiger partial charge on any atom is -0.00367 e. The molecule has 1 heteroatoms. The predicted molar refractivity (Wildman–Crippen MR) is 74.0 cm³/mol. The first kappa shape index (κ1) is 11.9. The molecule has 0 saturated heterocycles. The number of aryl methyl sites for hydroxylation is 1. The second-order valence-corrected chi connectivity index (χ2v) is 4.25. The maximum atomic E-state index is 5.62. The fourth-order valence-electron chi connectivity index (χ4n) is 2.14. The quantitative estimate of drug-likeness (QED) is 0.847. The van der Waals surface area contributed by atoms with Crippen molar-refractivity contribution in [1.29, 1.82) is 0 Å². The van der Waals surface area contributed by atoms with Gasteiger partial charge in [-0.3, -0.25) is 0 Å². The largest absolute Gasteiger partial charge is 0.330 e. The van der Waals surface area contributed by atoms with Crippen LogP contribution in [0.3, 0.4) is 0 Å². The number of rotatable bonds is 4. The maximum absolute atomic E-state index is 5.62. The van der Waals surface area contributed by atoms with E-state index in [1.165, 1.54) is 22.3 Å². The van der Waals surface area contributed by atoms with Crippen molar-refractivity contribution in [3.63, 3.8) is 0 Å². The molecule has 0 amide bonds. The minimum atomic E-state index is 0.708. The van der Waals surface area contributed by atoms with Gasteiger partial charge in [0.25, 0.3) is 0 Å². The molecular weight excluding hydrogens is 206 g/mol. The normalized spacial score (nSPS) is 10.5. The summed E-state index contributed by atoms with van der Waals surface area (Å²) in [6.45, 7) is 2.91. The number of nitrogens with two attached hydrogens (primary N) is 1. The van der Waals surface area contributed by atoms with Gasteiger partial charge in [-0.25, -0.2) is 0 Å². The van der Waals surface area contributed by atoms with Gasteiger partial charge in [0.2, 0.25) is 0 Å². The highest BCUT2D eigenvalue weighted by atomic mass is 14.5. The van der Waals surface area contributed by atoms with Gasteiger partial charge in [0.05, 0.1) is 0 Å². The molecule has 1 nitrogen and oxygen atoms in total. The molecule has 0 atom stereocenters. The van der Waals surface area contributed by atoms with Gasteiger partial charge in [0.15, 0.2) is 0 Å². The monoisotopic (exact) mass is 225 g/mol. The summed E-state index contributed by atoms with van der Waals surface area (Å²) in [4.78, 5) is 0. The van der Waals surface area contributed by atoms with Crippen molar-refractivity contribution in [1.82, 2.24) is 0 Å². The lowest BCUT2D eigenvalue weighted by molar-refractivity contribution is 0.966. The van der Waals surface area contributed by atoms with Gasteiger partial charge < -0.3 is 5.73 Å². The second-order valence-electron chi connectivity index (χ2n) is 4.25. The molecule has 2 rings (SSSR count). The fourth-order valence-corrected chi connectivity index (χ4v) is 2.14. The molecular formula is C16H19N. The van der Waals surface area contributed by atoms with E-state index in [4.69, 9.17) is 5.73 Å². The van der Waals surface area contributed by atoms with E-state index in [0.29, 0.717) is 6.54 Å². The van der Waals surface area contributed by atoms with Crippen LogP contribution in [0.2, 0.25) is 0 Å². The van der Waals surface area contributed by atoms with E-state index in [1.54, 1.807) is 0 Å². The third-order valence-electron chi connectivity index (χ3n) is 3.07. The Morgan fingerprint density at radius 3 is 2.41 bits per heavy atom. The van der Waals surface area contributed by atoms with Crippen LogP contribution in [0, 0.1) is 0 Å². The standard InChI is InChI=1S/C16H19N/c1-2-14-9-8-13(10-11-17)12-16(14)15-6-4-3-5-7-15/h3-9,12H,2,10-11,17H2,1H3. The molecule has 88 valence electrons. The van der Waals surface area contributed by atoms with Gasteiger partial charge in [-0.2, -0.15) is 0 Å². The van der Waals surface area contributed by atoms with Crippen LogP contribution in [0.25, 0.3) is 11.1 Å². The van der Waals surface area contributed by atoms with E-state index in [9.17, 15) is 0 Å². The zero-order valence-electron chi connectivity index (χ0n) is 10.3. The molecule has 0 aliphatic rings. The van der Waals surface area contributed by atoms with Crippen molar-refractivity contribution < 1.29 is 0 Å². The van der Waals surface area contributed by atoms with Crippen LogP contribution in [0.1, 0.15) is 18.1 Å². The Bertz CT molecular complexity index is 474. The van der Waals surface area contributed by atoms with Crippen molar-refractivity contribution in [3.8, 4) is 11.1 Å². The Morgan fingerprint density at radius 1 is 1.00 bits per heavy atom. The van der Waals surface area contributed by atoms with E-state index < -0.39 is 0 Å². The predicted octanol–water partition coefficient (Wildman–Crippen LogP) is 3.42. The van der Waals surface area contributed by atoms with E-state index in [1.807, 2.05) is 0 Å². The van der Waals surface area contributed by atoms with Gasteiger partial charge >= 0.3 is 0 Å². The molecule has 0 fully saturated rings. The Labute approximate surface area is 103 Å². The van der Waals surface area contributed by atoms with Crippen LogP contribution in [0.5, 0.6) is 0 Å². The molecule has 0 radical (unpaired) electrons. The zero-order chi connectivity index (χ0) is 12.1. The summed E-state index contributed by atoms with van der Waals surface area (Å²) < 4.78 is 0. The third-order valence-corrected chi connectivity index (χ3v) is 3.07. The van der Waals surface area contributed by atoms with E-state index in [-0.39, 0.29) is 0 Å². The van der Waals surface area contributed by atoms with Crippen molar-refractivity contribution in [2.45, 2.75) is 19.8 Å². The molecule has 0 aliphatic heterocycles. The van der Waals surface area contributed by atoms with Crippen molar-refractivity contribution in [2.75, 3.05) is 6.54 Å². The fraction of sp³-hybridized carbons (Fsp3) is 0.250. The molecule has 0 bridgehead atoms. The first-order chi connectivity index (χ1) is 8.35. The molecule has 0 saturated carbocycles. The first-order valence-corrected chi connectivity index (χ1v) is 6.22. The molecule has 2 aromatic carbocycles. The zero-order valence-corrected chi connectivity index (χ0v) is 10.3. The van der Waals surface area contributed by atoms with Gasteiger partial charge in [-0.1, -0.05) is 55.5 Å².